The molecule has 2 aromatic heterocycles. The minimum Gasteiger partial charge on any atom is -0.292 e. The first-order valence-corrected chi connectivity index (χ1v) is 7.61. The fourth-order valence-corrected chi connectivity index (χ4v) is 2.83. The zero-order valence-electron chi connectivity index (χ0n) is 12.8. The number of hydrogen-bond acceptors (Lipinski definition) is 2. The van der Waals surface area contributed by atoms with Crippen LogP contribution in [-0.2, 0) is 13.5 Å². The van der Waals surface area contributed by atoms with Crippen molar-refractivity contribution in [2.45, 2.75) is 32.6 Å². The fraction of sp³-hybridized carbons (Fsp3) is 0.375. The maximum absolute atomic E-state index is 6.36. The van der Waals surface area contributed by atoms with Crippen LogP contribution in [0.2, 0.25) is 0 Å². The van der Waals surface area contributed by atoms with Crippen molar-refractivity contribution in [1.82, 2.24) is 19.3 Å². The molecule has 3 aromatic rings. The van der Waals surface area contributed by atoms with Crippen molar-refractivity contribution in [1.29, 1.82) is 0 Å². The first-order valence-electron chi connectivity index (χ1n) is 7.17. The Morgan fingerprint density at radius 1 is 1.33 bits per heavy atom. The maximum Gasteiger partial charge on any atom is 0.132 e. The summed E-state index contributed by atoms with van der Waals surface area (Å²) in [5.74, 6) is 0.861. The number of benzene rings is 1. The van der Waals surface area contributed by atoms with Crippen LogP contribution in [0.1, 0.15) is 36.3 Å². The van der Waals surface area contributed by atoms with E-state index in [2.05, 4.69) is 35.6 Å². The van der Waals surface area contributed by atoms with Gasteiger partial charge in [0.2, 0.25) is 0 Å². The maximum atomic E-state index is 6.36. The molecule has 0 aliphatic heterocycles. The summed E-state index contributed by atoms with van der Waals surface area (Å²) in [5, 5.41) is 4.38. The van der Waals surface area contributed by atoms with Crippen LogP contribution in [-0.4, -0.2) is 19.3 Å². The Balaban J connectivity index is 2.38. The van der Waals surface area contributed by atoms with Crippen LogP contribution in [0.25, 0.3) is 16.7 Å². The lowest BCUT2D eigenvalue weighted by Crippen LogP contribution is -2.03. The Kier molecular flexibility index (Phi) is 3.49. The number of nitrogens with zero attached hydrogens (tertiary/aromatic N) is 4. The number of imidazole rings is 1. The monoisotopic (exact) mass is 302 g/mol. The van der Waals surface area contributed by atoms with Gasteiger partial charge >= 0.3 is 0 Å². The number of halogens is 1. The molecule has 2 heterocycles. The Morgan fingerprint density at radius 2 is 2.10 bits per heavy atom. The molecule has 0 fully saturated rings. The number of fused-ring (bicyclic) bond motifs is 1. The highest BCUT2D eigenvalue weighted by molar-refractivity contribution is 6.20. The highest BCUT2D eigenvalue weighted by Crippen LogP contribution is 2.30. The molecule has 0 spiro atoms. The SMILES string of the molecule is CCc1nn(C)cc1-n1c(C(C)Cl)nc2ccc(C)cc21. The van der Waals surface area contributed by atoms with Crippen molar-refractivity contribution in [3.63, 3.8) is 0 Å². The van der Waals surface area contributed by atoms with Crippen molar-refractivity contribution in [2.75, 3.05) is 0 Å². The van der Waals surface area contributed by atoms with Gasteiger partial charge in [-0.1, -0.05) is 13.0 Å². The second-order valence-electron chi connectivity index (χ2n) is 5.40. The van der Waals surface area contributed by atoms with Crippen LogP contribution in [0.4, 0.5) is 0 Å². The first-order chi connectivity index (χ1) is 10.0. The first kappa shape index (κ1) is 14.1. The van der Waals surface area contributed by atoms with Crippen molar-refractivity contribution in [3.8, 4) is 5.69 Å². The molecule has 0 N–H and O–H groups in total. The molecule has 5 heteroatoms. The molecule has 0 aliphatic carbocycles. The molecule has 21 heavy (non-hydrogen) atoms. The number of aryl methyl sites for hydroxylation is 3. The molecule has 1 atom stereocenters. The molecule has 3 rings (SSSR count). The van der Waals surface area contributed by atoms with Crippen LogP contribution in [0.5, 0.6) is 0 Å². The summed E-state index contributed by atoms with van der Waals surface area (Å²) >= 11 is 6.36. The van der Waals surface area contributed by atoms with Gasteiger partial charge in [-0.2, -0.15) is 5.10 Å². The smallest absolute Gasteiger partial charge is 0.132 e. The summed E-state index contributed by atoms with van der Waals surface area (Å²) in [6.45, 7) is 6.15. The topological polar surface area (TPSA) is 35.6 Å². The summed E-state index contributed by atoms with van der Waals surface area (Å²) in [7, 11) is 1.94. The lowest BCUT2D eigenvalue weighted by molar-refractivity contribution is 0.746. The number of rotatable bonds is 3. The van der Waals surface area contributed by atoms with E-state index in [1.807, 2.05) is 30.9 Å². The molecule has 0 saturated carbocycles. The van der Waals surface area contributed by atoms with Crippen LogP contribution in [0, 0.1) is 6.92 Å². The molecule has 0 amide bonds. The Labute approximate surface area is 129 Å². The van der Waals surface area contributed by atoms with Crippen LogP contribution in [0.15, 0.2) is 24.4 Å². The summed E-state index contributed by atoms with van der Waals surface area (Å²) < 4.78 is 3.99. The van der Waals surface area contributed by atoms with Crippen molar-refractivity contribution >= 4 is 22.6 Å². The second-order valence-corrected chi connectivity index (χ2v) is 6.06. The average molecular weight is 303 g/mol. The van der Waals surface area contributed by atoms with Crippen molar-refractivity contribution in [2.24, 2.45) is 7.05 Å². The quantitative estimate of drug-likeness (QED) is 0.687. The summed E-state index contributed by atoms with van der Waals surface area (Å²) in [5.41, 5.74) is 5.38. The molecule has 0 radical (unpaired) electrons. The van der Waals surface area contributed by atoms with Gasteiger partial charge < -0.3 is 0 Å². The predicted molar refractivity (Wildman–Crippen MR) is 86.2 cm³/mol. The van der Waals surface area contributed by atoms with E-state index in [9.17, 15) is 0 Å². The normalized spacial score (nSPS) is 13.0. The predicted octanol–water partition coefficient (Wildman–Crippen LogP) is 3.93. The van der Waals surface area contributed by atoms with E-state index in [1.54, 1.807) is 0 Å². The lowest BCUT2D eigenvalue weighted by atomic mass is 10.2. The molecule has 4 nitrogen and oxygen atoms in total. The molecular weight excluding hydrogens is 284 g/mol. The van der Waals surface area contributed by atoms with Crippen molar-refractivity contribution < 1.29 is 0 Å². The number of hydrogen-bond donors (Lipinski definition) is 0. The zero-order chi connectivity index (χ0) is 15.1. The molecule has 0 saturated heterocycles. The van der Waals surface area contributed by atoms with E-state index in [0.29, 0.717) is 0 Å². The Bertz CT molecular complexity index is 798. The van der Waals surface area contributed by atoms with E-state index >= 15 is 0 Å². The number of alkyl halides is 1. The fourth-order valence-electron chi connectivity index (χ4n) is 2.68. The third kappa shape index (κ3) is 2.33. The third-order valence-electron chi connectivity index (χ3n) is 3.65. The van der Waals surface area contributed by atoms with Crippen LogP contribution < -0.4 is 0 Å². The average Bonchev–Trinajstić information content (AvgIpc) is 2.98. The van der Waals surface area contributed by atoms with Crippen LogP contribution >= 0.6 is 11.6 Å². The van der Waals surface area contributed by atoms with E-state index < -0.39 is 0 Å². The van der Waals surface area contributed by atoms with Gasteiger partial charge in [0.1, 0.15) is 5.82 Å². The van der Waals surface area contributed by atoms with Gasteiger partial charge in [0.05, 0.1) is 27.8 Å². The van der Waals surface area contributed by atoms with Gasteiger partial charge in [0.25, 0.3) is 0 Å². The second kappa shape index (κ2) is 5.19. The Hall–Kier alpha value is -1.81. The van der Waals surface area contributed by atoms with E-state index in [4.69, 9.17) is 16.6 Å². The van der Waals surface area contributed by atoms with Gasteiger partial charge in [-0.05, 0) is 38.0 Å². The number of aromatic nitrogens is 4. The summed E-state index contributed by atoms with van der Waals surface area (Å²) in [6.07, 6.45) is 2.91. The minimum absolute atomic E-state index is 0.164. The molecule has 1 aromatic carbocycles. The standard InChI is InChI=1S/C16H19ClN4/c1-5-12-15(9-20(4)19-12)21-14-8-10(2)6-7-13(14)18-16(21)11(3)17/h6-9,11H,5H2,1-4H3. The molecule has 110 valence electrons. The Morgan fingerprint density at radius 3 is 2.76 bits per heavy atom. The van der Waals surface area contributed by atoms with Gasteiger partial charge in [-0.25, -0.2) is 4.98 Å². The van der Waals surface area contributed by atoms with Gasteiger partial charge in [-0.15, -0.1) is 11.6 Å². The van der Waals surface area contributed by atoms with Gasteiger partial charge in [-0.3, -0.25) is 9.25 Å². The highest BCUT2D eigenvalue weighted by Gasteiger charge is 2.19. The summed E-state index contributed by atoms with van der Waals surface area (Å²) in [4.78, 5) is 4.71. The van der Waals surface area contributed by atoms with Gasteiger partial charge in [0, 0.05) is 13.2 Å². The minimum atomic E-state index is -0.164. The molecule has 0 aliphatic rings. The lowest BCUT2D eigenvalue weighted by Gasteiger charge is -2.10. The van der Waals surface area contributed by atoms with E-state index in [-0.39, 0.29) is 5.38 Å². The van der Waals surface area contributed by atoms with Crippen LogP contribution in [0.3, 0.4) is 0 Å². The van der Waals surface area contributed by atoms with E-state index in [0.717, 1.165) is 34.7 Å². The molecular formula is C16H19ClN4. The largest absolute Gasteiger partial charge is 0.292 e. The molecule has 1 unspecified atom stereocenters. The van der Waals surface area contributed by atoms with Gasteiger partial charge in [0.15, 0.2) is 0 Å². The molecule has 0 bridgehead atoms. The summed E-state index contributed by atoms with van der Waals surface area (Å²) in [6, 6.07) is 6.27. The third-order valence-corrected chi connectivity index (χ3v) is 3.85. The highest BCUT2D eigenvalue weighted by atomic mass is 35.5. The van der Waals surface area contributed by atoms with E-state index in [1.165, 1.54) is 5.56 Å². The van der Waals surface area contributed by atoms with Crippen molar-refractivity contribution in [3.05, 3.63) is 41.5 Å². The zero-order valence-corrected chi connectivity index (χ0v) is 13.5.